The molecular formula is C32H33FN8O2. The van der Waals surface area contributed by atoms with Crippen molar-refractivity contribution in [3.8, 4) is 28.8 Å². The average Bonchev–Trinajstić information content (AvgIpc) is 3.36. The molecule has 2 aromatic heterocycles. The molecule has 6 rings (SSSR count). The van der Waals surface area contributed by atoms with Crippen LogP contribution >= 0.6 is 0 Å². The summed E-state index contributed by atoms with van der Waals surface area (Å²) in [4.78, 5) is 26.1. The van der Waals surface area contributed by atoms with Crippen LogP contribution in [0.15, 0.2) is 66.5 Å². The first-order chi connectivity index (χ1) is 20.7. The van der Waals surface area contributed by atoms with Crippen LogP contribution in [0.3, 0.4) is 0 Å². The van der Waals surface area contributed by atoms with Gasteiger partial charge in [-0.1, -0.05) is 18.2 Å². The Bertz CT molecular complexity index is 1740. The van der Waals surface area contributed by atoms with E-state index in [9.17, 15) is 10.1 Å². The van der Waals surface area contributed by atoms with Crippen LogP contribution in [-0.4, -0.2) is 67.2 Å². The van der Waals surface area contributed by atoms with Crippen LogP contribution in [0.25, 0.3) is 22.3 Å². The molecule has 4 heterocycles. The molecule has 1 amide bonds. The third-order valence-corrected chi connectivity index (χ3v) is 8.24. The Labute approximate surface area is 249 Å². The third kappa shape index (κ3) is 5.53. The molecule has 220 valence electrons. The van der Waals surface area contributed by atoms with Crippen molar-refractivity contribution in [3.63, 3.8) is 0 Å². The number of fused-ring (bicyclic) bond motifs is 1. The Hall–Kier alpha value is -4.82. The molecular weight excluding hydrogens is 547 g/mol. The number of ether oxygens (including phenoxy) is 1. The molecule has 0 saturated carbocycles. The molecule has 2 aliphatic heterocycles. The monoisotopic (exact) mass is 580 g/mol. The van der Waals surface area contributed by atoms with Crippen LogP contribution in [0.1, 0.15) is 39.2 Å². The molecule has 0 aliphatic carbocycles. The van der Waals surface area contributed by atoms with E-state index < -0.39 is 5.82 Å². The molecule has 11 heteroatoms. The number of carbonyl (C=O) groups excluding carboxylic acids is 1. The molecule has 2 aliphatic rings. The molecule has 10 nitrogen and oxygen atoms in total. The molecule has 2 aromatic carbocycles. The van der Waals surface area contributed by atoms with E-state index in [2.05, 4.69) is 20.9 Å². The molecule has 0 bridgehead atoms. The Morgan fingerprint density at radius 2 is 1.91 bits per heavy atom. The van der Waals surface area contributed by atoms with Crippen LogP contribution < -0.4 is 10.5 Å². The highest BCUT2D eigenvalue weighted by Gasteiger charge is 2.34. The minimum absolute atomic E-state index is 0.134. The maximum Gasteiger partial charge on any atom is 0.264 e. The van der Waals surface area contributed by atoms with Gasteiger partial charge in [0.2, 0.25) is 0 Å². The van der Waals surface area contributed by atoms with E-state index in [1.54, 1.807) is 39.9 Å². The number of para-hydroxylation sites is 1. The van der Waals surface area contributed by atoms with Crippen LogP contribution in [0.2, 0.25) is 0 Å². The van der Waals surface area contributed by atoms with E-state index in [0.717, 1.165) is 25.9 Å². The standard InChI is InChI=1S/C32H33FN8O2/c1-32(2,40-14-7-15-40)17-21(18-34)31(42)39-13-6-8-22(19-39)41-30-27(29(35)36-20-37-30)28(38-41)25-12-11-24(16-26(25)33)43-23-9-4-3-5-10-23/h3-5,9-12,16-17,20,22H,6-8,13-15,19H2,1-2H3,(H2,35,36,37)/b21-17-/t22-/m1/s1. The van der Waals surface area contributed by atoms with E-state index in [-0.39, 0.29) is 34.4 Å². The number of hydrogen-bond donors (Lipinski definition) is 1. The predicted molar refractivity (Wildman–Crippen MR) is 160 cm³/mol. The molecule has 2 N–H and O–H groups in total. The summed E-state index contributed by atoms with van der Waals surface area (Å²) in [6, 6.07) is 15.6. The summed E-state index contributed by atoms with van der Waals surface area (Å²) in [6.07, 6.45) is 5.68. The number of aromatic nitrogens is 4. The Morgan fingerprint density at radius 3 is 2.60 bits per heavy atom. The fraction of sp³-hybridized carbons (Fsp3) is 0.344. The van der Waals surface area contributed by atoms with Gasteiger partial charge >= 0.3 is 0 Å². The SMILES string of the molecule is CC(C)(/C=C(/C#N)C(=O)N1CCC[C@@H](n2nc(-c3ccc(Oc4ccccc4)cc3F)c3c(N)ncnc32)C1)N1CCC1. The maximum atomic E-state index is 15.6. The lowest BCUT2D eigenvalue weighted by molar-refractivity contribution is -0.128. The third-order valence-electron chi connectivity index (χ3n) is 8.24. The van der Waals surface area contributed by atoms with Gasteiger partial charge in [-0.15, -0.1) is 0 Å². The highest BCUT2D eigenvalue weighted by Crippen LogP contribution is 2.36. The fourth-order valence-corrected chi connectivity index (χ4v) is 5.80. The minimum Gasteiger partial charge on any atom is -0.457 e. The lowest BCUT2D eigenvalue weighted by atomic mass is 9.94. The van der Waals surface area contributed by atoms with Crippen LogP contribution in [0.4, 0.5) is 10.2 Å². The van der Waals surface area contributed by atoms with Gasteiger partial charge in [0.25, 0.3) is 5.91 Å². The number of carbonyl (C=O) groups is 1. The van der Waals surface area contributed by atoms with Crippen molar-refractivity contribution >= 4 is 22.8 Å². The summed E-state index contributed by atoms with van der Waals surface area (Å²) in [5.41, 5.74) is 7.04. The summed E-state index contributed by atoms with van der Waals surface area (Å²) in [6.45, 7) is 6.80. The van der Waals surface area contributed by atoms with Gasteiger partial charge in [-0.3, -0.25) is 9.69 Å². The number of nitriles is 1. The largest absolute Gasteiger partial charge is 0.457 e. The van der Waals surface area contributed by atoms with Crippen molar-refractivity contribution in [2.24, 2.45) is 0 Å². The molecule has 0 radical (unpaired) electrons. The Kier molecular flexibility index (Phi) is 7.54. The van der Waals surface area contributed by atoms with Gasteiger partial charge < -0.3 is 15.4 Å². The number of piperidine rings is 1. The predicted octanol–water partition coefficient (Wildman–Crippen LogP) is 5.10. The molecule has 43 heavy (non-hydrogen) atoms. The van der Waals surface area contributed by atoms with Crippen LogP contribution in [0.5, 0.6) is 11.5 Å². The fourth-order valence-electron chi connectivity index (χ4n) is 5.80. The molecule has 2 fully saturated rings. The normalized spacial score (nSPS) is 17.9. The second-order valence-electron chi connectivity index (χ2n) is 11.5. The van der Waals surface area contributed by atoms with Crippen molar-refractivity contribution in [1.82, 2.24) is 29.5 Å². The molecule has 0 spiro atoms. The number of halogens is 1. The van der Waals surface area contributed by atoms with Gasteiger partial charge in [0.1, 0.15) is 46.8 Å². The number of likely N-dealkylation sites (tertiary alicyclic amines) is 2. The number of nitrogen functional groups attached to an aromatic ring is 1. The lowest BCUT2D eigenvalue weighted by Crippen LogP contribution is -2.51. The van der Waals surface area contributed by atoms with E-state index >= 15 is 4.39 Å². The summed E-state index contributed by atoms with van der Waals surface area (Å²) >= 11 is 0. The number of nitrogens with two attached hydrogens (primary N) is 1. The van der Waals surface area contributed by atoms with Crippen molar-refractivity contribution in [1.29, 1.82) is 5.26 Å². The zero-order chi connectivity index (χ0) is 30.1. The Morgan fingerprint density at radius 1 is 1.12 bits per heavy atom. The smallest absolute Gasteiger partial charge is 0.264 e. The Balaban J connectivity index is 1.30. The summed E-state index contributed by atoms with van der Waals surface area (Å²) in [7, 11) is 0. The topological polar surface area (TPSA) is 126 Å². The first kappa shape index (κ1) is 28.3. The summed E-state index contributed by atoms with van der Waals surface area (Å²) in [5, 5.41) is 15.1. The quantitative estimate of drug-likeness (QED) is 0.236. The minimum atomic E-state index is -0.530. The lowest BCUT2D eigenvalue weighted by Gasteiger charge is -2.43. The zero-order valence-corrected chi connectivity index (χ0v) is 24.2. The second kappa shape index (κ2) is 11.5. The molecule has 0 unspecified atom stereocenters. The highest BCUT2D eigenvalue weighted by atomic mass is 19.1. The van der Waals surface area contributed by atoms with Gasteiger partial charge in [0, 0.05) is 43.3 Å². The number of nitrogens with zero attached hydrogens (tertiary/aromatic N) is 7. The molecule has 2 saturated heterocycles. The summed E-state index contributed by atoms with van der Waals surface area (Å²) < 4.78 is 23.1. The van der Waals surface area contributed by atoms with Crippen molar-refractivity contribution in [3.05, 3.63) is 72.3 Å². The molecule has 4 aromatic rings. The zero-order valence-electron chi connectivity index (χ0n) is 24.2. The van der Waals surface area contributed by atoms with E-state index in [4.69, 9.17) is 15.6 Å². The number of benzene rings is 2. The molecule has 1 atom stereocenters. The van der Waals surface area contributed by atoms with Gasteiger partial charge in [0.05, 0.1) is 11.4 Å². The average molecular weight is 581 g/mol. The van der Waals surface area contributed by atoms with Gasteiger partial charge in [-0.05, 0) is 63.5 Å². The van der Waals surface area contributed by atoms with E-state index in [0.29, 0.717) is 47.7 Å². The summed E-state index contributed by atoms with van der Waals surface area (Å²) in [5.74, 6) is 0.295. The number of hydrogen-bond acceptors (Lipinski definition) is 8. The highest BCUT2D eigenvalue weighted by molar-refractivity contribution is 5.99. The van der Waals surface area contributed by atoms with Crippen molar-refractivity contribution in [2.75, 3.05) is 31.9 Å². The van der Waals surface area contributed by atoms with E-state index in [1.807, 2.05) is 32.0 Å². The van der Waals surface area contributed by atoms with Crippen LogP contribution in [-0.2, 0) is 4.79 Å². The van der Waals surface area contributed by atoms with Gasteiger partial charge in [-0.25, -0.2) is 19.0 Å². The number of rotatable bonds is 7. The second-order valence-corrected chi connectivity index (χ2v) is 11.5. The van der Waals surface area contributed by atoms with Gasteiger partial charge in [0.15, 0.2) is 5.65 Å². The number of amides is 1. The van der Waals surface area contributed by atoms with Crippen LogP contribution in [0, 0.1) is 17.1 Å². The van der Waals surface area contributed by atoms with Crippen molar-refractivity contribution in [2.45, 2.75) is 44.7 Å². The van der Waals surface area contributed by atoms with Crippen molar-refractivity contribution < 1.29 is 13.9 Å². The first-order valence-corrected chi connectivity index (χ1v) is 14.4. The van der Waals surface area contributed by atoms with Gasteiger partial charge in [-0.2, -0.15) is 10.4 Å². The number of anilines is 1. The van der Waals surface area contributed by atoms with E-state index in [1.165, 1.54) is 12.4 Å². The first-order valence-electron chi connectivity index (χ1n) is 14.4. The maximum absolute atomic E-state index is 15.6.